The molecule has 1 atom stereocenters. The third kappa shape index (κ3) is 4.29. The molecule has 6 nitrogen and oxygen atoms in total. The first-order valence-corrected chi connectivity index (χ1v) is 11.8. The van der Waals surface area contributed by atoms with Crippen LogP contribution in [0, 0.1) is 27.7 Å². The average molecular weight is 422 g/mol. The van der Waals surface area contributed by atoms with E-state index in [-0.39, 0.29) is 5.91 Å². The fourth-order valence-corrected chi connectivity index (χ4v) is 6.65. The summed E-state index contributed by atoms with van der Waals surface area (Å²) in [6.45, 7) is 8.35. The number of carbonyl (C=O) groups is 1. The van der Waals surface area contributed by atoms with Gasteiger partial charge in [-0.1, -0.05) is 17.7 Å². The van der Waals surface area contributed by atoms with E-state index in [9.17, 15) is 13.2 Å². The lowest BCUT2D eigenvalue weighted by atomic mass is 10.1. The largest absolute Gasteiger partial charge is 0.354 e. The molecule has 3 rings (SSSR count). The first-order chi connectivity index (χ1) is 13.2. The van der Waals surface area contributed by atoms with Gasteiger partial charge in [0.05, 0.1) is 15.6 Å². The van der Waals surface area contributed by atoms with Crippen molar-refractivity contribution >= 4 is 27.3 Å². The van der Waals surface area contributed by atoms with Crippen LogP contribution >= 0.6 is 11.3 Å². The molecule has 0 spiro atoms. The van der Waals surface area contributed by atoms with E-state index in [1.165, 1.54) is 4.31 Å². The Morgan fingerprint density at radius 3 is 2.54 bits per heavy atom. The van der Waals surface area contributed by atoms with Crippen LogP contribution in [0.15, 0.2) is 22.4 Å². The van der Waals surface area contributed by atoms with Crippen LogP contribution in [0.1, 0.15) is 40.2 Å². The molecule has 0 unspecified atom stereocenters. The molecule has 0 saturated carbocycles. The summed E-state index contributed by atoms with van der Waals surface area (Å²) in [4.78, 5) is 17.4. The molecule has 0 bridgehead atoms. The van der Waals surface area contributed by atoms with Gasteiger partial charge in [-0.15, -0.1) is 11.3 Å². The smallest absolute Gasteiger partial charge is 0.244 e. The van der Waals surface area contributed by atoms with Gasteiger partial charge in [-0.05, 0) is 51.7 Å². The van der Waals surface area contributed by atoms with Crippen molar-refractivity contribution < 1.29 is 13.2 Å². The van der Waals surface area contributed by atoms with Crippen molar-refractivity contribution in [3.63, 3.8) is 0 Å². The predicted octanol–water partition coefficient (Wildman–Crippen LogP) is 2.89. The number of sulfonamides is 1. The number of thiazole rings is 1. The van der Waals surface area contributed by atoms with Crippen molar-refractivity contribution in [3.8, 4) is 0 Å². The summed E-state index contributed by atoms with van der Waals surface area (Å²) in [6, 6.07) is 3.10. The number of hydrogen-bond acceptors (Lipinski definition) is 5. The maximum atomic E-state index is 13.3. The van der Waals surface area contributed by atoms with Gasteiger partial charge in [0.25, 0.3) is 0 Å². The molecule has 0 radical (unpaired) electrons. The molecule has 2 aromatic rings. The molecule has 28 heavy (non-hydrogen) atoms. The van der Waals surface area contributed by atoms with E-state index < -0.39 is 16.1 Å². The lowest BCUT2D eigenvalue weighted by Gasteiger charge is -2.25. The maximum absolute atomic E-state index is 13.3. The van der Waals surface area contributed by atoms with E-state index in [2.05, 4.69) is 10.3 Å². The molecule has 1 amide bonds. The summed E-state index contributed by atoms with van der Waals surface area (Å²) < 4.78 is 28.1. The molecular weight excluding hydrogens is 394 g/mol. The van der Waals surface area contributed by atoms with Gasteiger partial charge in [-0.3, -0.25) is 4.79 Å². The van der Waals surface area contributed by atoms with Crippen molar-refractivity contribution in [3.05, 3.63) is 44.9 Å². The fourth-order valence-electron chi connectivity index (χ4n) is 3.94. The molecular formula is C20H27N3O3S2. The zero-order valence-electron chi connectivity index (χ0n) is 16.8. The van der Waals surface area contributed by atoms with Crippen LogP contribution < -0.4 is 5.32 Å². The minimum Gasteiger partial charge on any atom is -0.354 e. The summed E-state index contributed by atoms with van der Waals surface area (Å²) in [5, 5.41) is 5.88. The van der Waals surface area contributed by atoms with Gasteiger partial charge in [-0.25, -0.2) is 13.4 Å². The maximum Gasteiger partial charge on any atom is 0.244 e. The van der Waals surface area contributed by atoms with Gasteiger partial charge in [-0.2, -0.15) is 4.31 Å². The SMILES string of the molecule is Cc1cc(C)c(S(=O)(=O)N2CCC[C@@H]2C(=O)NCCc2csc(C)n2)c(C)c1. The summed E-state index contributed by atoms with van der Waals surface area (Å²) in [5.74, 6) is -0.226. The van der Waals surface area contributed by atoms with Crippen LogP contribution in [0.25, 0.3) is 0 Å². The number of carbonyl (C=O) groups excluding carboxylic acids is 1. The van der Waals surface area contributed by atoms with Crippen LogP contribution in [-0.4, -0.2) is 42.7 Å². The summed E-state index contributed by atoms with van der Waals surface area (Å²) in [7, 11) is -3.72. The Labute approximate surface area is 171 Å². The lowest BCUT2D eigenvalue weighted by Crippen LogP contribution is -2.46. The highest BCUT2D eigenvalue weighted by atomic mass is 32.2. The number of nitrogens with one attached hydrogen (secondary N) is 1. The quantitative estimate of drug-likeness (QED) is 0.778. The highest BCUT2D eigenvalue weighted by molar-refractivity contribution is 7.89. The van der Waals surface area contributed by atoms with Crippen LogP contribution in [0.3, 0.4) is 0 Å². The molecule has 1 aromatic carbocycles. The molecule has 2 heterocycles. The van der Waals surface area contributed by atoms with Gasteiger partial charge < -0.3 is 5.32 Å². The van der Waals surface area contributed by atoms with E-state index in [0.717, 1.165) is 27.4 Å². The zero-order valence-corrected chi connectivity index (χ0v) is 18.4. The number of benzene rings is 1. The molecule has 1 aromatic heterocycles. The molecule has 0 aliphatic carbocycles. The molecule has 1 saturated heterocycles. The zero-order chi connectivity index (χ0) is 20.5. The Bertz CT molecular complexity index is 959. The van der Waals surface area contributed by atoms with Crippen molar-refractivity contribution in [2.45, 2.75) is 57.9 Å². The van der Waals surface area contributed by atoms with E-state index in [1.807, 2.05) is 45.2 Å². The van der Waals surface area contributed by atoms with Crippen molar-refractivity contribution in [2.75, 3.05) is 13.1 Å². The summed E-state index contributed by atoms with van der Waals surface area (Å²) >= 11 is 1.58. The first kappa shape index (κ1) is 21.0. The van der Waals surface area contributed by atoms with Gasteiger partial charge >= 0.3 is 0 Å². The Morgan fingerprint density at radius 2 is 1.93 bits per heavy atom. The average Bonchev–Trinajstić information content (AvgIpc) is 3.23. The van der Waals surface area contributed by atoms with Crippen LogP contribution in [-0.2, 0) is 21.2 Å². The third-order valence-electron chi connectivity index (χ3n) is 5.02. The highest BCUT2D eigenvalue weighted by Crippen LogP contribution is 2.30. The number of aromatic nitrogens is 1. The summed E-state index contributed by atoms with van der Waals surface area (Å²) in [5.41, 5.74) is 3.43. The van der Waals surface area contributed by atoms with E-state index in [0.29, 0.717) is 37.2 Å². The standard InChI is InChI=1S/C20H27N3O3S2/c1-13-10-14(2)19(15(3)11-13)28(25,26)23-9-5-6-18(23)20(24)21-8-7-17-12-27-16(4)22-17/h10-12,18H,5-9H2,1-4H3,(H,21,24)/t18-/m1/s1. The Balaban J connectivity index is 1.73. The van der Waals surface area contributed by atoms with E-state index >= 15 is 0 Å². The molecule has 1 aliphatic heterocycles. The Kier molecular flexibility index (Phi) is 6.21. The van der Waals surface area contributed by atoms with Crippen LogP contribution in [0.2, 0.25) is 0 Å². The number of nitrogens with zero attached hydrogens (tertiary/aromatic N) is 2. The molecule has 1 N–H and O–H groups in total. The second kappa shape index (κ2) is 8.31. The van der Waals surface area contributed by atoms with Crippen molar-refractivity contribution in [2.24, 2.45) is 0 Å². The minimum absolute atomic E-state index is 0.226. The second-order valence-corrected chi connectivity index (χ2v) is 10.3. The van der Waals surface area contributed by atoms with Crippen molar-refractivity contribution in [1.82, 2.24) is 14.6 Å². The van der Waals surface area contributed by atoms with Gasteiger partial charge in [0.1, 0.15) is 6.04 Å². The number of amides is 1. The topological polar surface area (TPSA) is 79.4 Å². The van der Waals surface area contributed by atoms with Crippen molar-refractivity contribution in [1.29, 1.82) is 0 Å². The highest BCUT2D eigenvalue weighted by Gasteiger charge is 2.40. The van der Waals surface area contributed by atoms with Gasteiger partial charge in [0.2, 0.25) is 15.9 Å². The monoisotopic (exact) mass is 421 g/mol. The fraction of sp³-hybridized carbons (Fsp3) is 0.500. The molecule has 1 aliphatic rings. The number of aryl methyl sites for hydroxylation is 4. The normalized spacial score (nSPS) is 17.8. The number of hydrogen-bond donors (Lipinski definition) is 1. The number of rotatable bonds is 6. The molecule has 1 fully saturated rings. The van der Waals surface area contributed by atoms with Crippen LogP contribution in [0.4, 0.5) is 0 Å². The summed E-state index contributed by atoms with van der Waals surface area (Å²) in [6.07, 6.45) is 1.88. The first-order valence-electron chi connectivity index (χ1n) is 9.48. The second-order valence-electron chi connectivity index (χ2n) is 7.40. The third-order valence-corrected chi connectivity index (χ3v) is 8.06. The Morgan fingerprint density at radius 1 is 1.25 bits per heavy atom. The molecule has 8 heteroatoms. The van der Waals surface area contributed by atoms with Gasteiger partial charge in [0.15, 0.2) is 0 Å². The molecule has 152 valence electrons. The van der Waals surface area contributed by atoms with Crippen LogP contribution in [0.5, 0.6) is 0 Å². The predicted molar refractivity (Wildman–Crippen MR) is 111 cm³/mol. The minimum atomic E-state index is -3.72. The van der Waals surface area contributed by atoms with E-state index in [1.54, 1.807) is 11.3 Å². The lowest BCUT2D eigenvalue weighted by molar-refractivity contribution is -0.124. The van der Waals surface area contributed by atoms with E-state index in [4.69, 9.17) is 0 Å². The Hall–Kier alpha value is -1.77. The van der Waals surface area contributed by atoms with Gasteiger partial charge in [0, 0.05) is 24.9 Å².